The zero-order valence-electron chi connectivity index (χ0n) is 10.6. The maximum atomic E-state index is 11.0. The molecule has 0 aromatic heterocycles. The van der Waals surface area contributed by atoms with Crippen LogP contribution in [0.25, 0.3) is 0 Å². The van der Waals surface area contributed by atoms with Crippen LogP contribution in [0.15, 0.2) is 18.2 Å². The van der Waals surface area contributed by atoms with E-state index < -0.39 is 18.0 Å². The normalized spacial score (nSPS) is 11.5. The Balaban J connectivity index is 3.07. The molecule has 102 valence electrons. The van der Waals surface area contributed by atoms with Crippen LogP contribution in [0, 0.1) is 0 Å². The van der Waals surface area contributed by atoms with E-state index in [4.69, 9.17) is 14.6 Å². The lowest BCUT2D eigenvalue weighted by Gasteiger charge is -2.16. The van der Waals surface area contributed by atoms with Gasteiger partial charge in [-0.1, -0.05) is 6.92 Å². The van der Waals surface area contributed by atoms with E-state index in [1.807, 2.05) is 0 Å². The minimum absolute atomic E-state index is 0.0248. The maximum Gasteiger partial charge on any atom is 0.344 e. The molecule has 0 spiro atoms. The fourth-order valence-electron chi connectivity index (χ4n) is 1.39. The van der Waals surface area contributed by atoms with Crippen LogP contribution >= 0.6 is 0 Å². The first-order valence-electron chi connectivity index (χ1n) is 5.65. The number of hydrogen-bond acceptors (Lipinski definition) is 5. The number of carboxylic acid groups (broad SMARTS) is 1. The van der Waals surface area contributed by atoms with Crippen molar-refractivity contribution in [3.63, 3.8) is 0 Å². The lowest BCUT2D eigenvalue weighted by Crippen LogP contribution is -2.26. The number of rotatable bonds is 6. The number of hydrogen-bond donors (Lipinski definition) is 1. The Morgan fingerprint density at radius 2 is 2.05 bits per heavy atom. The second-order valence-electron chi connectivity index (χ2n) is 3.77. The van der Waals surface area contributed by atoms with Crippen molar-refractivity contribution >= 4 is 18.2 Å². The minimum atomic E-state index is -1.12. The second-order valence-corrected chi connectivity index (χ2v) is 3.77. The Kier molecular flexibility index (Phi) is 5.05. The molecule has 0 aliphatic carbocycles. The molecule has 6 nitrogen and oxygen atoms in total. The van der Waals surface area contributed by atoms with Gasteiger partial charge in [0.15, 0.2) is 17.6 Å². The molecule has 1 aromatic rings. The van der Waals surface area contributed by atoms with Crippen molar-refractivity contribution in [1.82, 2.24) is 0 Å². The van der Waals surface area contributed by atoms with Gasteiger partial charge in [-0.05, 0) is 24.6 Å². The summed E-state index contributed by atoms with van der Waals surface area (Å²) in [6, 6.07) is 4.16. The summed E-state index contributed by atoms with van der Waals surface area (Å²) in [7, 11) is 0. The molecule has 0 aliphatic rings. The van der Waals surface area contributed by atoms with E-state index in [1.165, 1.54) is 25.1 Å². The monoisotopic (exact) mass is 266 g/mol. The third-order valence-electron chi connectivity index (χ3n) is 2.27. The SMILES string of the molecule is CCC(Oc1ccc(C=O)cc1OC(C)=O)C(=O)O. The van der Waals surface area contributed by atoms with Crippen LogP contribution in [0.5, 0.6) is 11.5 Å². The lowest BCUT2D eigenvalue weighted by molar-refractivity contribution is -0.145. The molecule has 1 aromatic carbocycles. The number of aliphatic carboxylic acids is 1. The summed E-state index contributed by atoms with van der Waals surface area (Å²) in [6.07, 6.45) is -0.202. The zero-order valence-corrected chi connectivity index (χ0v) is 10.6. The van der Waals surface area contributed by atoms with E-state index >= 15 is 0 Å². The van der Waals surface area contributed by atoms with Crippen molar-refractivity contribution in [2.24, 2.45) is 0 Å². The molecular weight excluding hydrogens is 252 g/mol. The highest BCUT2D eigenvalue weighted by molar-refractivity contribution is 5.78. The van der Waals surface area contributed by atoms with Crippen LogP contribution in [0.1, 0.15) is 30.6 Å². The van der Waals surface area contributed by atoms with Crippen LogP contribution in [0.3, 0.4) is 0 Å². The summed E-state index contributed by atoms with van der Waals surface area (Å²) < 4.78 is 10.2. The van der Waals surface area contributed by atoms with Crippen molar-refractivity contribution in [3.05, 3.63) is 23.8 Å². The first-order chi connectivity index (χ1) is 8.97. The molecule has 1 unspecified atom stereocenters. The quantitative estimate of drug-likeness (QED) is 0.478. The molecule has 0 bridgehead atoms. The van der Waals surface area contributed by atoms with Gasteiger partial charge < -0.3 is 14.6 Å². The van der Waals surface area contributed by atoms with E-state index in [0.717, 1.165) is 0 Å². The molecule has 0 radical (unpaired) electrons. The number of benzene rings is 1. The van der Waals surface area contributed by atoms with E-state index in [2.05, 4.69) is 0 Å². The van der Waals surface area contributed by atoms with Crippen molar-refractivity contribution in [2.75, 3.05) is 0 Å². The first-order valence-corrected chi connectivity index (χ1v) is 5.65. The predicted molar refractivity (Wildman–Crippen MR) is 65.5 cm³/mol. The number of carbonyl (C=O) groups excluding carboxylic acids is 2. The van der Waals surface area contributed by atoms with Crippen LogP contribution in [-0.4, -0.2) is 29.4 Å². The summed E-state index contributed by atoms with van der Waals surface area (Å²) in [5.41, 5.74) is 0.298. The van der Waals surface area contributed by atoms with Gasteiger partial charge in [-0.3, -0.25) is 9.59 Å². The molecule has 0 heterocycles. The van der Waals surface area contributed by atoms with E-state index in [9.17, 15) is 14.4 Å². The smallest absolute Gasteiger partial charge is 0.344 e. The van der Waals surface area contributed by atoms with Gasteiger partial charge in [-0.2, -0.15) is 0 Å². The molecule has 0 aliphatic heterocycles. The molecule has 0 saturated carbocycles. The Morgan fingerprint density at radius 1 is 1.37 bits per heavy atom. The van der Waals surface area contributed by atoms with E-state index in [-0.39, 0.29) is 17.9 Å². The largest absolute Gasteiger partial charge is 0.479 e. The Bertz CT molecular complexity index is 494. The average molecular weight is 266 g/mol. The van der Waals surface area contributed by atoms with Crippen LogP contribution in [0.2, 0.25) is 0 Å². The zero-order chi connectivity index (χ0) is 14.4. The van der Waals surface area contributed by atoms with Gasteiger partial charge >= 0.3 is 11.9 Å². The van der Waals surface area contributed by atoms with E-state index in [0.29, 0.717) is 11.8 Å². The van der Waals surface area contributed by atoms with Crippen molar-refractivity contribution in [1.29, 1.82) is 0 Å². The molecule has 0 amide bonds. The topological polar surface area (TPSA) is 89.9 Å². The molecule has 0 fully saturated rings. The summed E-state index contributed by atoms with van der Waals surface area (Å²) in [5, 5.41) is 8.92. The molecule has 1 N–H and O–H groups in total. The van der Waals surface area contributed by atoms with Crippen LogP contribution < -0.4 is 9.47 Å². The van der Waals surface area contributed by atoms with Gasteiger partial charge in [0.25, 0.3) is 0 Å². The maximum absolute atomic E-state index is 11.0. The molecule has 1 rings (SSSR count). The average Bonchev–Trinajstić information content (AvgIpc) is 2.36. The van der Waals surface area contributed by atoms with Gasteiger partial charge in [0.05, 0.1) is 0 Å². The Hall–Kier alpha value is -2.37. The van der Waals surface area contributed by atoms with Crippen molar-refractivity contribution < 1.29 is 29.0 Å². The minimum Gasteiger partial charge on any atom is -0.479 e. The Labute approximate surface area is 109 Å². The van der Waals surface area contributed by atoms with Crippen molar-refractivity contribution in [3.8, 4) is 11.5 Å². The molecule has 0 saturated heterocycles. The standard InChI is InChI=1S/C13H14O6/c1-3-10(13(16)17)19-11-5-4-9(7-14)6-12(11)18-8(2)15/h4-7,10H,3H2,1-2H3,(H,16,17). The lowest BCUT2D eigenvalue weighted by atomic mass is 10.2. The van der Waals surface area contributed by atoms with Crippen LogP contribution in [0.4, 0.5) is 0 Å². The van der Waals surface area contributed by atoms with Crippen molar-refractivity contribution in [2.45, 2.75) is 26.4 Å². The third-order valence-corrected chi connectivity index (χ3v) is 2.27. The van der Waals surface area contributed by atoms with Gasteiger partial charge in [-0.15, -0.1) is 0 Å². The highest BCUT2D eigenvalue weighted by Gasteiger charge is 2.19. The second kappa shape index (κ2) is 6.53. The highest BCUT2D eigenvalue weighted by atomic mass is 16.6. The molecule has 6 heteroatoms. The number of carbonyl (C=O) groups is 3. The highest BCUT2D eigenvalue weighted by Crippen LogP contribution is 2.29. The van der Waals surface area contributed by atoms with E-state index in [1.54, 1.807) is 6.92 Å². The first kappa shape index (κ1) is 14.7. The Morgan fingerprint density at radius 3 is 2.53 bits per heavy atom. The number of ether oxygens (including phenoxy) is 2. The van der Waals surface area contributed by atoms with Crippen LogP contribution in [-0.2, 0) is 9.59 Å². The van der Waals surface area contributed by atoms with Gasteiger partial charge in [0.1, 0.15) is 6.29 Å². The van der Waals surface area contributed by atoms with Gasteiger partial charge in [0.2, 0.25) is 0 Å². The summed E-state index contributed by atoms with van der Waals surface area (Å²) in [4.78, 5) is 32.5. The number of carboxylic acids is 1. The fraction of sp³-hybridized carbons (Fsp3) is 0.308. The fourth-order valence-corrected chi connectivity index (χ4v) is 1.39. The molecule has 19 heavy (non-hydrogen) atoms. The third kappa shape index (κ3) is 4.09. The number of aldehydes is 1. The van der Waals surface area contributed by atoms with Gasteiger partial charge in [0, 0.05) is 12.5 Å². The number of esters is 1. The summed E-state index contributed by atoms with van der Waals surface area (Å²) >= 11 is 0. The molecule has 1 atom stereocenters. The summed E-state index contributed by atoms with van der Waals surface area (Å²) in [6.45, 7) is 2.86. The molecular formula is C13H14O6. The predicted octanol–water partition coefficient (Wildman–Crippen LogP) is 1.67. The van der Waals surface area contributed by atoms with Gasteiger partial charge in [-0.25, -0.2) is 4.79 Å². The summed E-state index contributed by atoms with van der Waals surface area (Å²) in [5.74, 6) is -1.57.